The fourth-order valence-electron chi connectivity index (χ4n) is 2.07. The van der Waals surface area contributed by atoms with E-state index in [1.165, 1.54) is 0 Å². The number of hydrogen-bond donors (Lipinski definition) is 1. The van der Waals surface area contributed by atoms with E-state index < -0.39 is 0 Å². The van der Waals surface area contributed by atoms with E-state index in [1.807, 2.05) is 0 Å². The van der Waals surface area contributed by atoms with Crippen LogP contribution in [-0.2, 0) is 13.5 Å². The van der Waals surface area contributed by atoms with Gasteiger partial charge in [0.15, 0.2) is 0 Å². The molecule has 3 nitrogen and oxygen atoms in total. The van der Waals surface area contributed by atoms with Crippen molar-refractivity contribution < 1.29 is 5.11 Å². The molecule has 1 aromatic carbocycles. The van der Waals surface area contributed by atoms with Gasteiger partial charge in [0.2, 0.25) is 0 Å². The number of benzene rings is 1. The molecule has 0 radical (unpaired) electrons. The van der Waals surface area contributed by atoms with Gasteiger partial charge in [-0.25, -0.2) is 4.98 Å². The van der Waals surface area contributed by atoms with Gasteiger partial charge in [0.25, 0.3) is 0 Å². The van der Waals surface area contributed by atoms with Gasteiger partial charge in [0.1, 0.15) is 5.82 Å². The van der Waals surface area contributed by atoms with E-state index in [4.69, 9.17) is 5.11 Å². The Morgan fingerprint density at radius 2 is 2.12 bits per heavy atom. The van der Waals surface area contributed by atoms with Gasteiger partial charge >= 0.3 is 0 Å². The molecule has 1 aromatic heterocycles. The van der Waals surface area contributed by atoms with Crippen molar-refractivity contribution >= 4 is 11.0 Å². The number of fused-ring (bicyclic) bond motifs is 1. The highest BCUT2D eigenvalue weighted by molar-refractivity contribution is 5.77. The predicted octanol–water partition coefficient (Wildman–Crippen LogP) is 2.23. The number of aryl methyl sites for hydroxylation is 1. The summed E-state index contributed by atoms with van der Waals surface area (Å²) in [6, 6.07) is 6.21. The zero-order valence-electron chi connectivity index (χ0n) is 10.1. The van der Waals surface area contributed by atoms with Crippen LogP contribution in [0.25, 0.3) is 11.0 Å². The van der Waals surface area contributed by atoms with Gasteiger partial charge in [-0.05, 0) is 24.1 Å². The Hall–Kier alpha value is -1.35. The lowest BCUT2D eigenvalue weighted by molar-refractivity contribution is 0.299. The average molecular weight is 218 g/mol. The van der Waals surface area contributed by atoms with Gasteiger partial charge in [-0.15, -0.1) is 0 Å². The summed E-state index contributed by atoms with van der Waals surface area (Å²) in [7, 11) is 2.05. The molecule has 0 unspecified atom stereocenters. The minimum atomic E-state index is 0.190. The quantitative estimate of drug-likeness (QED) is 0.858. The van der Waals surface area contributed by atoms with E-state index in [0.29, 0.717) is 12.3 Å². The molecule has 1 heterocycles. The highest BCUT2D eigenvalue weighted by Crippen LogP contribution is 2.21. The molecule has 0 fully saturated rings. The van der Waals surface area contributed by atoms with Crippen molar-refractivity contribution in [3.63, 3.8) is 0 Å². The molecule has 0 amide bonds. The van der Waals surface area contributed by atoms with Gasteiger partial charge in [0, 0.05) is 19.6 Å². The zero-order valence-corrected chi connectivity index (χ0v) is 10.1. The predicted molar refractivity (Wildman–Crippen MR) is 65.6 cm³/mol. The van der Waals surface area contributed by atoms with Crippen LogP contribution in [0.1, 0.15) is 31.2 Å². The molecule has 0 aliphatic rings. The summed E-state index contributed by atoms with van der Waals surface area (Å²) >= 11 is 0. The molecule has 0 saturated carbocycles. The number of aliphatic hydroxyl groups is 1. The van der Waals surface area contributed by atoms with Gasteiger partial charge in [-0.3, -0.25) is 0 Å². The molecule has 2 aromatic rings. The van der Waals surface area contributed by atoms with E-state index >= 15 is 0 Å². The molecule has 0 saturated heterocycles. The molecule has 0 atom stereocenters. The third kappa shape index (κ3) is 1.83. The fraction of sp³-hybridized carbons (Fsp3) is 0.462. The molecular weight excluding hydrogens is 200 g/mol. The van der Waals surface area contributed by atoms with Gasteiger partial charge in [-0.1, -0.05) is 19.9 Å². The van der Waals surface area contributed by atoms with Crippen LogP contribution in [0, 0.1) is 0 Å². The first-order valence-electron chi connectivity index (χ1n) is 5.69. The topological polar surface area (TPSA) is 38.1 Å². The van der Waals surface area contributed by atoms with Crippen molar-refractivity contribution in [1.29, 1.82) is 0 Å². The fourth-order valence-corrected chi connectivity index (χ4v) is 2.07. The Morgan fingerprint density at radius 1 is 1.38 bits per heavy atom. The number of hydrogen-bond acceptors (Lipinski definition) is 2. The summed E-state index contributed by atoms with van der Waals surface area (Å²) in [6.07, 6.45) is 0.698. The smallest absolute Gasteiger partial charge is 0.112 e. The monoisotopic (exact) mass is 218 g/mol. The summed E-state index contributed by atoms with van der Waals surface area (Å²) in [5.74, 6) is 1.54. The first kappa shape index (κ1) is 11.1. The average Bonchev–Trinajstić information content (AvgIpc) is 2.56. The molecule has 0 bridgehead atoms. The van der Waals surface area contributed by atoms with Crippen LogP contribution in [-0.4, -0.2) is 21.3 Å². The Morgan fingerprint density at radius 3 is 2.75 bits per heavy atom. The van der Waals surface area contributed by atoms with Crippen LogP contribution in [0.5, 0.6) is 0 Å². The molecule has 1 N–H and O–H groups in total. The van der Waals surface area contributed by atoms with Crippen LogP contribution >= 0.6 is 0 Å². The Labute approximate surface area is 95.7 Å². The maximum absolute atomic E-state index is 8.91. The van der Waals surface area contributed by atoms with Crippen LogP contribution in [0.15, 0.2) is 18.2 Å². The lowest BCUT2D eigenvalue weighted by Gasteiger charge is -2.04. The van der Waals surface area contributed by atoms with Gasteiger partial charge < -0.3 is 9.67 Å². The highest BCUT2D eigenvalue weighted by atomic mass is 16.2. The van der Waals surface area contributed by atoms with E-state index in [1.54, 1.807) is 0 Å². The lowest BCUT2D eigenvalue weighted by atomic mass is 10.1. The molecule has 2 rings (SSSR count). The summed E-state index contributed by atoms with van der Waals surface area (Å²) in [4.78, 5) is 4.64. The Bertz CT molecular complexity index is 500. The minimum Gasteiger partial charge on any atom is -0.396 e. The summed E-state index contributed by atoms with van der Waals surface area (Å²) in [6.45, 7) is 4.49. The van der Waals surface area contributed by atoms with Crippen molar-refractivity contribution in [2.45, 2.75) is 26.2 Å². The minimum absolute atomic E-state index is 0.190. The third-order valence-corrected chi connectivity index (χ3v) is 2.90. The summed E-state index contributed by atoms with van der Waals surface area (Å²) in [5, 5.41) is 8.91. The Kier molecular flexibility index (Phi) is 2.97. The van der Waals surface area contributed by atoms with Crippen molar-refractivity contribution in [3.05, 3.63) is 29.6 Å². The number of rotatable bonds is 3. The SMILES string of the molecule is CC(C)c1nc2cc(CCO)ccc2n1C. The van der Waals surface area contributed by atoms with Gasteiger partial charge in [-0.2, -0.15) is 0 Å². The number of aromatic nitrogens is 2. The van der Waals surface area contributed by atoms with Gasteiger partial charge in [0.05, 0.1) is 11.0 Å². The largest absolute Gasteiger partial charge is 0.396 e. The highest BCUT2D eigenvalue weighted by Gasteiger charge is 2.10. The Balaban J connectivity index is 2.54. The third-order valence-electron chi connectivity index (χ3n) is 2.90. The number of nitrogens with zero attached hydrogens (tertiary/aromatic N) is 2. The van der Waals surface area contributed by atoms with Crippen LogP contribution in [0.3, 0.4) is 0 Å². The standard InChI is InChI=1S/C13H18N2O/c1-9(2)13-14-11-8-10(6-7-16)4-5-12(11)15(13)3/h4-5,8-9,16H,6-7H2,1-3H3. The van der Waals surface area contributed by atoms with E-state index in [9.17, 15) is 0 Å². The normalized spacial score (nSPS) is 11.6. The molecule has 3 heteroatoms. The summed E-state index contributed by atoms with van der Waals surface area (Å²) in [5.41, 5.74) is 3.32. The second-order valence-electron chi connectivity index (χ2n) is 4.48. The second-order valence-corrected chi connectivity index (χ2v) is 4.48. The van der Waals surface area contributed by atoms with Crippen LogP contribution in [0.4, 0.5) is 0 Å². The maximum Gasteiger partial charge on any atom is 0.112 e. The maximum atomic E-state index is 8.91. The van der Waals surface area contributed by atoms with Crippen molar-refractivity contribution in [2.75, 3.05) is 6.61 Å². The molecule has 0 aliphatic heterocycles. The van der Waals surface area contributed by atoms with Crippen molar-refractivity contribution in [1.82, 2.24) is 9.55 Å². The first-order chi connectivity index (χ1) is 7.63. The second kappa shape index (κ2) is 4.26. The van der Waals surface area contributed by atoms with Crippen LogP contribution < -0.4 is 0 Å². The van der Waals surface area contributed by atoms with Crippen molar-refractivity contribution in [3.8, 4) is 0 Å². The van der Waals surface area contributed by atoms with Crippen LogP contribution in [0.2, 0.25) is 0 Å². The number of imidazole rings is 1. The van der Waals surface area contributed by atoms with Crippen molar-refractivity contribution in [2.24, 2.45) is 7.05 Å². The molecule has 0 aliphatic carbocycles. The summed E-state index contributed by atoms with van der Waals surface area (Å²) < 4.78 is 2.14. The first-order valence-corrected chi connectivity index (χ1v) is 5.69. The van der Waals surface area contributed by atoms with E-state index in [-0.39, 0.29) is 6.61 Å². The molecule has 16 heavy (non-hydrogen) atoms. The zero-order chi connectivity index (χ0) is 11.7. The molecular formula is C13H18N2O. The van der Waals surface area contributed by atoms with E-state index in [2.05, 4.69) is 48.6 Å². The lowest BCUT2D eigenvalue weighted by Crippen LogP contribution is -1.99. The number of aliphatic hydroxyl groups excluding tert-OH is 1. The molecule has 86 valence electrons. The molecule has 0 spiro atoms. The van der Waals surface area contributed by atoms with E-state index in [0.717, 1.165) is 22.4 Å².